The van der Waals surface area contributed by atoms with Crippen molar-refractivity contribution in [3.8, 4) is 0 Å². The summed E-state index contributed by atoms with van der Waals surface area (Å²) in [5.74, 6) is -0.523. The SMILES string of the molecule is COC(=O)C1=C(C)N=c2s/c(=C/c3ccccc3Cl)c(=O)n2C1c1cnn(C)c1C. The Labute approximate surface area is 181 Å². The fourth-order valence-electron chi connectivity index (χ4n) is 3.50. The van der Waals surface area contributed by atoms with Crippen LogP contribution in [-0.2, 0) is 16.6 Å². The number of fused-ring (bicyclic) bond motifs is 1. The molecular formula is C21H19ClN4O3S. The second-order valence-electron chi connectivity index (χ2n) is 6.90. The van der Waals surface area contributed by atoms with Gasteiger partial charge in [-0.15, -0.1) is 0 Å². The summed E-state index contributed by atoms with van der Waals surface area (Å²) in [5, 5.41) is 4.85. The highest BCUT2D eigenvalue weighted by Crippen LogP contribution is 2.32. The van der Waals surface area contributed by atoms with Gasteiger partial charge in [-0.3, -0.25) is 14.0 Å². The lowest BCUT2D eigenvalue weighted by molar-refractivity contribution is -0.136. The summed E-state index contributed by atoms with van der Waals surface area (Å²) in [7, 11) is 3.13. The molecule has 30 heavy (non-hydrogen) atoms. The Bertz CT molecular complexity index is 1380. The van der Waals surface area contributed by atoms with Crippen molar-refractivity contribution in [1.82, 2.24) is 14.3 Å². The highest BCUT2D eigenvalue weighted by Gasteiger charge is 2.34. The van der Waals surface area contributed by atoms with Crippen molar-refractivity contribution in [3.63, 3.8) is 0 Å². The van der Waals surface area contributed by atoms with Gasteiger partial charge in [0.25, 0.3) is 5.56 Å². The summed E-state index contributed by atoms with van der Waals surface area (Å²) < 4.78 is 8.74. The summed E-state index contributed by atoms with van der Waals surface area (Å²) in [6, 6.07) is 6.63. The van der Waals surface area contributed by atoms with Crippen LogP contribution in [-0.4, -0.2) is 27.4 Å². The number of hydrogen-bond acceptors (Lipinski definition) is 6. The second kappa shape index (κ2) is 7.70. The molecule has 3 heterocycles. The molecule has 9 heteroatoms. The first kappa shape index (κ1) is 20.3. The van der Waals surface area contributed by atoms with Gasteiger partial charge in [0.2, 0.25) is 0 Å². The van der Waals surface area contributed by atoms with E-state index in [1.807, 2.05) is 32.2 Å². The molecule has 7 nitrogen and oxygen atoms in total. The van der Waals surface area contributed by atoms with E-state index in [4.69, 9.17) is 16.3 Å². The quantitative estimate of drug-likeness (QED) is 0.582. The van der Waals surface area contributed by atoms with Gasteiger partial charge in [-0.1, -0.05) is 41.1 Å². The maximum Gasteiger partial charge on any atom is 0.338 e. The molecular weight excluding hydrogens is 424 g/mol. The number of hydrogen-bond donors (Lipinski definition) is 0. The Kier molecular flexibility index (Phi) is 5.21. The molecule has 1 aliphatic rings. The van der Waals surface area contributed by atoms with E-state index in [0.29, 0.717) is 25.6 Å². The van der Waals surface area contributed by atoms with Gasteiger partial charge >= 0.3 is 5.97 Å². The van der Waals surface area contributed by atoms with Crippen molar-refractivity contribution in [2.24, 2.45) is 12.0 Å². The number of rotatable bonds is 3. The minimum Gasteiger partial charge on any atom is -0.466 e. The van der Waals surface area contributed by atoms with Gasteiger partial charge in [0, 0.05) is 23.3 Å². The maximum absolute atomic E-state index is 13.4. The number of halogens is 1. The van der Waals surface area contributed by atoms with Crippen molar-refractivity contribution < 1.29 is 9.53 Å². The molecule has 0 radical (unpaired) electrons. The van der Waals surface area contributed by atoms with Crippen molar-refractivity contribution in [3.05, 3.63) is 83.3 Å². The number of carbonyl (C=O) groups is 1. The van der Waals surface area contributed by atoms with Crippen molar-refractivity contribution >= 4 is 35.0 Å². The molecule has 154 valence electrons. The third-order valence-corrected chi connectivity index (χ3v) is 6.51. The fraction of sp³-hybridized carbons (Fsp3) is 0.238. The fourth-order valence-corrected chi connectivity index (χ4v) is 4.73. The molecule has 0 fully saturated rings. The predicted octanol–water partition coefficient (Wildman–Crippen LogP) is 2.10. The van der Waals surface area contributed by atoms with Crippen molar-refractivity contribution in [2.45, 2.75) is 19.9 Å². The Balaban J connectivity index is 2.02. The zero-order valence-electron chi connectivity index (χ0n) is 16.8. The van der Waals surface area contributed by atoms with E-state index in [1.54, 1.807) is 29.9 Å². The Hall–Kier alpha value is -2.97. The second-order valence-corrected chi connectivity index (χ2v) is 8.32. The summed E-state index contributed by atoms with van der Waals surface area (Å²) in [6.07, 6.45) is 3.42. The standard InChI is InChI=1S/C21H19ClN4O3S/c1-11-17(20(28)29-4)18(14-10-23-25(3)12(14)2)26-19(27)16(30-21(26)24-11)9-13-7-5-6-8-15(13)22/h5-10,18H,1-4H3/b16-9+. The van der Waals surface area contributed by atoms with Gasteiger partial charge in [-0.05, 0) is 31.6 Å². The molecule has 0 aliphatic carbocycles. The monoisotopic (exact) mass is 442 g/mol. The van der Waals surface area contributed by atoms with E-state index in [2.05, 4.69) is 10.1 Å². The molecule has 1 unspecified atom stereocenters. The van der Waals surface area contributed by atoms with E-state index in [0.717, 1.165) is 16.8 Å². The normalized spacial score (nSPS) is 16.4. The number of aromatic nitrogens is 3. The average Bonchev–Trinajstić information content (AvgIpc) is 3.21. The zero-order chi connectivity index (χ0) is 21.6. The van der Waals surface area contributed by atoms with Crippen LogP contribution in [0.3, 0.4) is 0 Å². The number of esters is 1. The molecule has 2 aromatic heterocycles. The lowest BCUT2D eigenvalue weighted by atomic mass is 9.96. The van der Waals surface area contributed by atoms with Crippen molar-refractivity contribution in [2.75, 3.05) is 7.11 Å². The van der Waals surface area contributed by atoms with E-state index < -0.39 is 12.0 Å². The average molecular weight is 443 g/mol. The number of aryl methyl sites for hydroxylation is 1. The number of allylic oxidation sites excluding steroid dienone is 1. The molecule has 0 saturated carbocycles. The minimum atomic E-state index is -0.671. The Morgan fingerprint density at radius 2 is 2.03 bits per heavy atom. The van der Waals surface area contributed by atoms with Crippen LogP contribution in [0.5, 0.6) is 0 Å². The number of nitrogens with zero attached hydrogens (tertiary/aromatic N) is 4. The Morgan fingerprint density at radius 1 is 1.30 bits per heavy atom. The number of methoxy groups -OCH3 is 1. The molecule has 3 aromatic rings. The lowest BCUT2D eigenvalue weighted by Crippen LogP contribution is -2.40. The molecule has 1 atom stereocenters. The predicted molar refractivity (Wildman–Crippen MR) is 115 cm³/mol. The highest BCUT2D eigenvalue weighted by molar-refractivity contribution is 7.07. The molecule has 0 spiro atoms. The van der Waals surface area contributed by atoms with E-state index in [9.17, 15) is 9.59 Å². The van der Waals surface area contributed by atoms with E-state index >= 15 is 0 Å². The van der Waals surface area contributed by atoms with Crippen LogP contribution in [0.15, 0.2) is 51.5 Å². The topological polar surface area (TPSA) is 78.5 Å². The highest BCUT2D eigenvalue weighted by atomic mass is 35.5. The van der Waals surface area contributed by atoms with Crippen molar-refractivity contribution in [1.29, 1.82) is 0 Å². The molecule has 1 aliphatic heterocycles. The molecule has 0 saturated heterocycles. The van der Waals surface area contributed by atoms with Crippen LogP contribution in [0, 0.1) is 6.92 Å². The van der Waals surface area contributed by atoms with Gasteiger partial charge in [-0.25, -0.2) is 9.79 Å². The van der Waals surface area contributed by atoms with Gasteiger partial charge in [-0.2, -0.15) is 5.10 Å². The molecule has 4 rings (SSSR count). The smallest absolute Gasteiger partial charge is 0.338 e. The van der Waals surface area contributed by atoms with Crippen LogP contribution in [0.25, 0.3) is 6.08 Å². The zero-order valence-corrected chi connectivity index (χ0v) is 18.4. The summed E-state index contributed by atoms with van der Waals surface area (Å²) in [6.45, 7) is 3.64. The third kappa shape index (κ3) is 3.22. The van der Waals surface area contributed by atoms with Gasteiger partial charge in [0.1, 0.15) is 6.04 Å². The largest absolute Gasteiger partial charge is 0.466 e. The third-order valence-electron chi connectivity index (χ3n) is 5.19. The number of thiazole rings is 1. The van der Waals surface area contributed by atoms with Gasteiger partial charge < -0.3 is 4.74 Å². The first-order valence-corrected chi connectivity index (χ1v) is 10.4. The number of ether oxygens (including phenoxy) is 1. The van der Waals surface area contributed by atoms with Crippen LogP contribution < -0.4 is 14.9 Å². The summed E-state index contributed by atoms with van der Waals surface area (Å²) in [4.78, 5) is 31.1. The number of benzene rings is 1. The van der Waals surface area contributed by atoms with Crippen LogP contribution in [0.1, 0.15) is 29.8 Å². The molecule has 1 aromatic carbocycles. The van der Waals surface area contributed by atoms with Crippen LogP contribution >= 0.6 is 22.9 Å². The van der Waals surface area contributed by atoms with E-state index in [1.165, 1.54) is 23.0 Å². The number of carbonyl (C=O) groups excluding carboxylic acids is 1. The molecule has 0 N–H and O–H groups in total. The minimum absolute atomic E-state index is 0.249. The Morgan fingerprint density at radius 3 is 2.67 bits per heavy atom. The molecule has 0 bridgehead atoms. The van der Waals surface area contributed by atoms with Gasteiger partial charge in [0.05, 0.1) is 29.1 Å². The van der Waals surface area contributed by atoms with Crippen LogP contribution in [0.2, 0.25) is 5.02 Å². The van der Waals surface area contributed by atoms with E-state index in [-0.39, 0.29) is 5.56 Å². The molecule has 0 amide bonds. The first-order chi connectivity index (χ1) is 14.3. The first-order valence-electron chi connectivity index (χ1n) is 9.17. The summed E-state index contributed by atoms with van der Waals surface area (Å²) >= 11 is 7.53. The summed E-state index contributed by atoms with van der Waals surface area (Å²) in [5.41, 5.74) is 2.92. The van der Waals surface area contributed by atoms with Gasteiger partial charge in [0.15, 0.2) is 4.80 Å². The van der Waals surface area contributed by atoms with Crippen LogP contribution in [0.4, 0.5) is 0 Å². The maximum atomic E-state index is 13.4. The lowest BCUT2D eigenvalue weighted by Gasteiger charge is -2.23.